The number of carbonyl (C=O) groups is 2. The lowest BCUT2D eigenvalue weighted by Crippen LogP contribution is -2.39. The van der Waals surface area contributed by atoms with Crippen LogP contribution < -0.4 is 5.32 Å². The summed E-state index contributed by atoms with van der Waals surface area (Å²) in [7, 11) is 0. The zero-order valence-electron chi connectivity index (χ0n) is 15.2. The fourth-order valence-electron chi connectivity index (χ4n) is 3.77. The summed E-state index contributed by atoms with van der Waals surface area (Å²) in [5, 5.41) is 3.09. The molecule has 1 unspecified atom stereocenters. The van der Waals surface area contributed by atoms with E-state index < -0.39 is 0 Å². The van der Waals surface area contributed by atoms with Crippen molar-refractivity contribution in [2.75, 3.05) is 0 Å². The molecule has 1 aliphatic carbocycles. The second-order valence-corrected chi connectivity index (χ2v) is 7.23. The van der Waals surface area contributed by atoms with Crippen molar-refractivity contribution < 1.29 is 9.59 Å². The first kappa shape index (κ1) is 18.4. The second-order valence-electron chi connectivity index (χ2n) is 7.23. The molecule has 0 heterocycles. The van der Waals surface area contributed by atoms with Crippen LogP contribution in [0.5, 0.6) is 0 Å². The summed E-state index contributed by atoms with van der Waals surface area (Å²) in [6.07, 6.45) is 6.64. The third-order valence-corrected chi connectivity index (χ3v) is 5.20. The van der Waals surface area contributed by atoms with Crippen LogP contribution in [0.15, 0.2) is 60.7 Å². The molecule has 3 heteroatoms. The lowest BCUT2D eigenvalue weighted by atomic mass is 9.83. The van der Waals surface area contributed by atoms with Crippen LogP contribution in [0, 0.1) is 5.92 Å². The van der Waals surface area contributed by atoms with Gasteiger partial charge in [0.25, 0.3) is 5.91 Å². The highest BCUT2D eigenvalue weighted by Gasteiger charge is 2.25. The second kappa shape index (κ2) is 9.33. The molecule has 0 radical (unpaired) electrons. The van der Waals surface area contributed by atoms with Gasteiger partial charge in [-0.2, -0.15) is 0 Å². The average Bonchev–Trinajstić information content (AvgIpc) is 2.70. The van der Waals surface area contributed by atoms with E-state index in [1.54, 1.807) is 12.1 Å². The normalized spacial score (nSPS) is 16.0. The Morgan fingerprint density at radius 3 is 2.15 bits per heavy atom. The molecule has 3 nitrogen and oxygen atoms in total. The van der Waals surface area contributed by atoms with Gasteiger partial charge in [0.2, 0.25) is 0 Å². The van der Waals surface area contributed by atoms with Gasteiger partial charge in [0.05, 0.1) is 0 Å². The fourth-order valence-corrected chi connectivity index (χ4v) is 3.77. The van der Waals surface area contributed by atoms with Gasteiger partial charge in [0, 0.05) is 23.9 Å². The van der Waals surface area contributed by atoms with Crippen LogP contribution in [-0.2, 0) is 11.2 Å². The lowest BCUT2D eigenvalue weighted by Gasteiger charge is -2.24. The molecular formula is C23H27NO2. The smallest absolute Gasteiger partial charge is 0.251 e. The Balaban J connectivity index is 1.68. The maximum Gasteiger partial charge on any atom is 0.251 e. The lowest BCUT2D eigenvalue weighted by molar-refractivity contribution is -0.124. The number of hydrogen-bond donors (Lipinski definition) is 1. The zero-order valence-corrected chi connectivity index (χ0v) is 15.2. The van der Waals surface area contributed by atoms with E-state index in [0.29, 0.717) is 24.2 Å². The summed E-state index contributed by atoms with van der Waals surface area (Å²) in [6.45, 7) is 0. The third kappa shape index (κ3) is 5.29. The van der Waals surface area contributed by atoms with E-state index in [0.717, 1.165) is 31.2 Å². The monoisotopic (exact) mass is 349 g/mol. The van der Waals surface area contributed by atoms with Crippen LogP contribution >= 0.6 is 0 Å². The van der Waals surface area contributed by atoms with Gasteiger partial charge in [-0.3, -0.25) is 9.59 Å². The van der Waals surface area contributed by atoms with Crippen LogP contribution in [0.4, 0.5) is 0 Å². The minimum absolute atomic E-state index is 0.108. The quantitative estimate of drug-likeness (QED) is 0.796. The van der Waals surface area contributed by atoms with E-state index in [9.17, 15) is 9.59 Å². The van der Waals surface area contributed by atoms with Gasteiger partial charge in [-0.05, 0) is 37.0 Å². The molecule has 0 aliphatic heterocycles. The van der Waals surface area contributed by atoms with Gasteiger partial charge in [-0.1, -0.05) is 67.8 Å². The molecule has 1 atom stereocenters. The molecule has 3 rings (SSSR count). The molecule has 1 saturated carbocycles. The van der Waals surface area contributed by atoms with Crippen molar-refractivity contribution in [1.29, 1.82) is 0 Å². The molecule has 1 amide bonds. The Morgan fingerprint density at radius 2 is 1.50 bits per heavy atom. The van der Waals surface area contributed by atoms with Gasteiger partial charge in [-0.15, -0.1) is 0 Å². The average molecular weight is 349 g/mol. The Kier molecular flexibility index (Phi) is 6.59. The molecule has 0 spiro atoms. The number of rotatable bonds is 7. The molecule has 1 N–H and O–H groups in total. The van der Waals surface area contributed by atoms with Crippen molar-refractivity contribution in [3.63, 3.8) is 0 Å². The summed E-state index contributed by atoms with van der Waals surface area (Å²) >= 11 is 0. The van der Waals surface area contributed by atoms with Crippen LogP contribution in [-0.4, -0.2) is 17.7 Å². The van der Waals surface area contributed by atoms with Crippen molar-refractivity contribution in [3.8, 4) is 0 Å². The first-order valence-electron chi connectivity index (χ1n) is 9.65. The summed E-state index contributed by atoms with van der Waals surface area (Å²) in [4.78, 5) is 25.3. The van der Waals surface area contributed by atoms with E-state index >= 15 is 0 Å². The largest absolute Gasteiger partial charge is 0.349 e. The highest BCUT2D eigenvalue weighted by Crippen LogP contribution is 2.26. The molecule has 26 heavy (non-hydrogen) atoms. The predicted molar refractivity (Wildman–Crippen MR) is 104 cm³/mol. The maximum absolute atomic E-state index is 12.8. The van der Waals surface area contributed by atoms with Crippen molar-refractivity contribution in [2.24, 2.45) is 5.92 Å². The molecule has 2 aromatic carbocycles. The summed E-state index contributed by atoms with van der Waals surface area (Å²) in [5.41, 5.74) is 1.78. The first-order valence-corrected chi connectivity index (χ1v) is 9.65. The Labute approximate surface area is 155 Å². The SMILES string of the molecule is O=C(NC(CC(=O)C1CCCCC1)Cc1ccccc1)c1ccccc1. The number of benzene rings is 2. The van der Waals surface area contributed by atoms with E-state index in [4.69, 9.17) is 0 Å². The molecule has 0 saturated heterocycles. The van der Waals surface area contributed by atoms with Gasteiger partial charge in [0.1, 0.15) is 5.78 Å². The number of nitrogens with one attached hydrogen (secondary N) is 1. The standard InChI is InChI=1S/C23H27NO2/c25-22(19-12-6-2-7-13-19)17-21(16-18-10-4-1-5-11-18)24-23(26)20-14-8-3-9-15-20/h1,3-5,8-11,14-15,19,21H,2,6-7,12-13,16-17H2,(H,24,26). The fraction of sp³-hybridized carbons (Fsp3) is 0.391. The van der Waals surface area contributed by atoms with Crippen molar-refractivity contribution in [1.82, 2.24) is 5.32 Å². The van der Waals surface area contributed by atoms with Gasteiger partial charge in [-0.25, -0.2) is 0 Å². The minimum Gasteiger partial charge on any atom is -0.349 e. The summed E-state index contributed by atoms with van der Waals surface area (Å²) in [5.74, 6) is 0.373. The number of hydrogen-bond acceptors (Lipinski definition) is 2. The van der Waals surface area contributed by atoms with Crippen molar-refractivity contribution in [2.45, 2.75) is 51.0 Å². The Hall–Kier alpha value is -2.42. The summed E-state index contributed by atoms with van der Waals surface area (Å²) in [6, 6.07) is 19.1. The van der Waals surface area contributed by atoms with Crippen LogP contribution in [0.2, 0.25) is 0 Å². The molecule has 0 aromatic heterocycles. The molecule has 1 fully saturated rings. The minimum atomic E-state index is -0.167. The molecular weight excluding hydrogens is 322 g/mol. The highest BCUT2D eigenvalue weighted by atomic mass is 16.2. The van der Waals surface area contributed by atoms with Crippen LogP contribution in [0.25, 0.3) is 0 Å². The molecule has 2 aromatic rings. The number of carbonyl (C=O) groups excluding carboxylic acids is 2. The van der Waals surface area contributed by atoms with Gasteiger partial charge in [0.15, 0.2) is 0 Å². The van der Waals surface area contributed by atoms with Crippen molar-refractivity contribution in [3.05, 3.63) is 71.8 Å². The Morgan fingerprint density at radius 1 is 0.885 bits per heavy atom. The number of amides is 1. The molecule has 136 valence electrons. The van der Waals surface area contributed by atoms with E-state index in [1.165, 1.54) is 6.42 Å². The van der Waals surface area contributed by atoms with E-state index in [-0.39, 0.29) is 17.9 Å². The maximum atomic E-state index is 12.8. The molecule has 0 bridgehead atoms. The topological polar surface area (TPSA) is 46.2 Å². The van der Waals surface area contributed by atoms with Gasteiger partial charge >= 0.3 is 0 Å². The zero-order chi connectivity index (χ0) is 18.2. The van der Waals surface area contributed by atoms with Crippen LogP contribution in [0.1, 0.15) is 54.4 Å². The predicted octanol–water partition coefficient (Wildman–Crippen LogP) is 4.57. The molecule has 1 aliphatic rings. The van der Waals surface area contributed by atoms with Crippen LogP contribution in [0.3, 0.4) is 0 Å². The number of ketones is 1. The van der Waals surface area contributed by atoms with Gasteiger partial charge < -0.3 is 5.32 Å². The summed E-state index contributed by atoms with van der Waals surface area (Å²) < 4.78 is 0. The van der Waals surface area contributed by atoms with E-state index in [2.05, 4.69) is 5.32 Å². The number of Topliss-reactive ketones (excluding diaryl/α,β-unsaturated/α-hetero) is 1. The van der Waals surface area contributed by atoms with Crippen molar-refractivity contribution >= 4 is 11.7 Å². The Bertz CT molecular complexity index is 706. The third-order valence-electron chi connectivity index (χ3n) is 5.20. The first-order chi connectivity index (χ1) is 12.7. The van der Waals surface area contributed by atoms with E-state index in [1.807, 2.05) is 48.5 Å². The highest BCUT2D eigenvalue weighted by molar-refractivity contribution is 5.94.